The number of aliphatic hydroxyl groups is 2. The summed E-state index contributed by atoms with van der Waals surface area (Å²) in [7, 11) is 0. The van der Waals surface area contributed by atoms with Gasteiger partial charge in [-0.1, -0.05) is 18.2 Å². The molecule has 4 rings (SSSR count). The number of fused-ring (bicyclic) bond motifs is 1. The first-order chi connectivity index (χ1) is 13.1. The normalized spacial score (nSPS) is 25.3. The molecule has 4 N–H and O–H groups in total. The first-order valence-corrected chi connectivity index (χ1v) is 9.47. The van der Waals surface area contributed by atoms with Gasteiger partial charge in [0.25, 0.3) is 0 Å². The monoisotopic (exact) mass is 391 g/mol. The van der Waals surface area contributed by atoms with Gasteiger partial charge in [0.2, 0.25) is 0 Å². The van der Waals surface area contributed by atoms with Crippen molar-refractivity contribution in [2.45, 2.75) is 30.3 Å². The fourth-order valence-electron chi connectivity index (χ4n) is 3.05. The zero-order chi connectivity index (χ0) is 19.0. The Labute approximate surface area is 158 Å². The summed E-state index contributed by atoms with van der Waals surface area (Å²) in [5, 5.41) is 20.8. The smallest absolute Gasteiger partial charge is 0.167 e. The molecular formula is C17H18FN5O3S. The maximum absolute atomic E-state index is 13.7. The molecule has 1 aliphatic rings. The summed E-state index contributed by atoms with van der Waals surface area (Å²) in [5.41, 5.74) is 7.18. The number of benzene rings is 1. The van der Waals surface area contributed by atoms with Gasteiger partial charge in [-0.3, -0.25) is 4.57 Å². The lowest BCUT2D eigenvalue weighted by Gasteiger charge is -2.16. The lowest BCUT2D eigenvalue weighted by atomic mass is 10.1. The van der Waals surface area contributed by atoms with Gasteiger partial charge in [0.05, 0.1) is 12.4 Å². The molecule has 1 fully saturated rings. The van der Waals surface area contributed by atoms with Crippen LogP contribution in [0.3, 0.4) is 0 Å². The van der Waals surface area contributed by atoms with Gasteiger partial charge < -0.3 is 20.7 Å². The molecule has 0 aliphatic carbocycles. The van der Waals surface area contributed by atoms with Crippen LogP contribution in [0.2, 0.25) is 0 Å². The van der Waals surface area contributed by atoms with Crippen LogP contribution in [0, 0.1) is 5.82 Å². The number of imidazole rings is 1. The first kappa shape index (κ1) is 18.1. The number of aliphatic hydroxyl groups excluding tert-OH is 2. The van der Waals surface area contributed by atoms with Gasteiger partial charge in [0.15, 0.2) is 17.7 Å². The second kappa shape index (κ2) is 7.39. The summed E-state index contributed by atoms with van der Waals surface area (Å²) in [5.74, 6) is 0.798. The Kier molecular flexibility index (Phi) is 4.96. The molecule has 0 spiro atoms. The highest BCUT2D eigenvalue weighted by molar-refractivity contribution is 7.98. The van der Waals surface area contributed by atoms with Crippen molar-refractivity contribution in [1.82, 2.24) is 19.5 Å². The summed E-state index contributed by atoms with van der Waals surface area (Å²) in [6, 6.07) is 6.54. The van der Waals surface area contributed by atoms with Crippen molar-refractivity contribution in [3.63, 3.8) is 0 Å². The van der Waals surface area contributed by atoms with Gasteiger partial charge >= 0.3 is 0 Å². The van der Waals surface area contributed by atoms with Crippen molar-refractivity contribution in [3.8, 4) is 0 Å². The van der Waals surface area contributed by atoms with E-state index in [1.807, 2.05) is 0 Å². The van der Waals surface area contributed by atoms with Gasteiger partial charge in [-0.2, -0.15) is 11.8 Å². The molecule has 3 heterocycles. The summed E-state index contributed by atoms with van der Waals surface area (Å²) in [6.07, 6.45) is -0.949. The van der Waals surface area contributed by atoms with E-state index in [1.165, 1.54) is 35.0 Å². The zero-order valence-electron chi connectivity index (χ0n) is 14.1. The highest BCUT2D eigenvalue weighted by atomic mass is 32.2. The maximum atomic E-state index is 13.7. The van der Waals surface area contributed by atoms with Crippen molar-refractivity contribution >= 4 is 28.7 Å². The molecule has 3 aromatic rings. The number of hydrogen-bond donors (Lipinski definition) is 3. The highest BCUT2D eigenvalue weighted by Crippen LogP contribution is 2.33. The molecule has 1 saturated heterocycles. The van der Waals surface area contributed by atoms with E-state index in [4.69, 9.17) is 10.5 Å². The van der Waals surface area contributed by atoms with E-state index in [9.17, 15) is 14.6 Å². The Morgan fingerprint density at radius 1 is 1.19 bits per heavy atom. The van der Waals surface area contributed by atoms with Gasteiger partial charge in [0.1, 0.15) is 29.9 Å². The van der Waals surface area contributed by atoms with Crippen molar-refractivity contribution in [1.29, 1.82) is 0 Å². The molecule has 8 nitrogen and oxygen atoms in total. The maximum Gasteiger partial charge on any atom is 0.167 e. The van der Waals surface area contributed by atoms with E-state index in [0.29, 0.717) is 28.2 Å². The van der Waals surface area contributed by atoms with Crippen LogP contribution in [0.4, 0.5) is 10.2 Å². The summed E-state index contributed by atoms with van der Waals surface area (Å²) in [6.45, 7) is 0. The Hall–Kier alpha value is -2.27. The Morgan fingerprint density at radius 3 is 2.81 bits per heavy atom. The minimum Gasteiger partial charge on any atom is -0.387 e. The van der Waals surface area contributed by atoms with Crippen LogP contribution < -0.4 is 5.73 Å². The predicted octanol–water partition coefficient (Wildman–Crippen LogP) is 1.10. The SMILES string of the molecule is Nc1ncnc2c1ncn2[C@@H]1O[C@H](CSCc2ccccc2F)[C@@H](O)[C@H]1O. The first-order valence-electron chi connectivity index (χ1n) is 8.32. The molecule has 0 saturated carbocycles. The quantitative estimate of drug-likeness (QED) is 0.592. The van der Waals surface area contributed by atoms with Crippen LogP contribution in [0.1, 0.15) is 11.8 Å². The number of nitrogens with zero attached hydrogens (tertiary/aromatic N) is 4. The molecule has 4 atom stereocenters. The third kappa shape index (κ3) is 3.36. The largest absolute Gasteiger partial charge is 0.387 e. The number of ether oxygens (including phenoxy) is 1. The molecule has 2 aromatic heterocycles. The van der Waals surface area contributed by atoms with E-state index in [1.54, 1.807) is 18.2 Å². The van der Waals surface area contributed by atoms with E-state index < -0.39 is 24.5 Å². The second-order valence-electron chi connectivity index (χ2n) is 6.24. The third-order valence-corrected chi connectivity index (χ3v) is 5.58. The highest BCUT2D eigenvalue weighted by Gasteiger charge is 2.44. The van der Waals surface area contributed by atoms with Gasteiger partial charge in [0, 0.05) is 11.5 Å². The molecule has 27 heavy (non-hydrogen) atoms. The fourth-order valence-corrected chi connectivity index (χ4v) is 4.13. The van der Waals surface area contributed by atoms with Crippen molar-refractivity contribution in [3.05, 3.63) is 48.3 Å². The standard InChI is InChI=1S/C17H18FN5O3S/c18-10-4-2-1-3-9(10)5-27-6-11-13(24)14(25)17(26-11)23-8-22-12-15(19)20-7-21-16(12)23/h1-4,7-8,11,13-14,17,24-25H,5-6H2,(H2,19,20,21)/t11-,13-,14-,17-/m1/s1. The third-order valence-electron chi connectivity index (χ3n) is 4.50. The zero-order valence-corrected chi connectivity index (χ0v) is 15.0. The van der Waals surface area contributed by atoms with E-state index >= 15 is 0 Å². The summed E-state index contributed by atoms with van der Waals surface area (Å²) >= 11 is 1.42. The Morgan fingerprint density at radius 2 is 2.00 bits per heavy atom. The topological polar surface area (TPSA) is 119 Å². The van der Waals surface area contributed by atoms with Crippen LogP contribution in [0.5, 0.6) is 0 Å². The number of nitrogens with two attached hydrogens (primary N) is 1. The summed E-state index contributed by atoms with van der Waals surface area (Å²) < 4.78 is 21.1. The van der Waals surface area contributed by atoms with Crippen LogP contribution >= 0.6 is 11.8 Å². The van der Waals surface area contributed by atoms with E-state index in [2.05, 4.69) is 15.0 Å². The minimum atomic E-state index is -1.15. The van der Waals surface area contributed by atoms with Crippen LogP contribution in [0.25, 0.3) is 11.2 Å². The molecule has 0 bridgehead atoms. The number of anilines is 1. The molecule has 0 unspecified atom stereocenters. The van der Waals surface area contributed by atoms with Crippen LogP contribution in [0.15, 0.2) is 36.9 Å². The Balaban J connectivity index is 1.46. The van der Waals surface area contributed by atoms with Gasteiger partial charge in [-0.25, -0.2) is 19.3 Å². The predicted molar refractivity (Wildman–Crippen MR) is 98.2 cm³/mol. The number of thioether (sulfide) groups is 1. The molecule has 0 radical (unpaired) electrons. The number of halogens is 1. The van der Waals surface area contributed by atoms with Crippen molar-refractivity contribution < 1.29 is 19.3 Å². The summed E-state index contributed by atoms with van der Waals surface area (Å²) in [4.78, 5) is 12.2. The molecule has 142 valence electrons. The van der Waals surface area contributed by atoms with Crippen molar-refractivity contribution in [2.75, 3.05) is 11.5 Å². The lowest BCUT2D eigenvalue weighted by molar-refractivity contribution is -0.0289. The van der Waals surface area contributed by atoms with Crippen LogP contribution in [-0.2, 0) is 10.5 Å². The lowest BCUT2D eigenvalue weighted by Crippen LogP contribution is -2.32. The molecule has 0 amide bonds. The molecule has 1 aromatic carbocycles. The Bertz CT molecular complexity index is 955. The van der Waals surface area contributed by atoms with E-state index in [0.717, 1.165) is 0 Å². The van der Waals surface area contributed by atoms with E-state index in [-0.39, 0.29) is 11.6 Å². The van der Waals surface area contributed by atoms with Crippen LogP contribution in [-0.4, -0.2) is 53.8 Å². The number of nitrogen functional groups attached to an aromatic ring is 1. The molecule has 10 heteroatoms. The van der Waals surface area contributed by atoms with Gasteiger partial charge in [-0.15, -0.1) is 0 Å². The number of aromatic nitrogens is 4. The molecular weight excluding hydrogens is 373 g/mol. The molecule has 1 aliphatic heterocycles. The number of rotatable bonds is 5. The minimum absolute atomic E-state index is 0.226. The fraction of sp³-hybridized carbons (Fsp3) is 0.353. The van der Waals surface area contributed by atoms with Crippen molar-refractivity contribution in [2.24, 2.45) is 0 Å². The average molecular weight is 391 g/mol. The second-order valence-corrected chi connectivity index (χ2v) is 7.27. The average Bonchev–Trinajstić information content (AvgIpc) is 3.21. The van der Waals surface area contributed by atoms with Gasteiger partial charge in [-0.05, 0) is 11.6 Å². The number of hydrogen-bond acceptors (Lipinski definition) is 8.